The van der Waals surface area contributed by atoms with Crippen molar-refractivity contribution in [1.82, 2.24) is 4.98 Å². The topological polar surface area (TPSA) is 101 Å². The van der Waals surface area contributed by atoms with E-state index in [1.165, 1.54) is 6.07 Å². The number of rotatable bonds is 5. The van der Waals surface area contributed by atoms with E-state index in [1.807, 2.05) is 6.07 Å². The van der Waals surface area contributed by atoms with Gasteiger partial charge in [-0.05, 0) is 12.8 Å². The molecule has 2 rings (SSSR count). The molecule has 20 heavy (non-hydrogen) atoms. The van der Waals surface area contributed by atoms with Gasteiger partial charge in [-0.3, -0.25) is 10.1 Å². The van der Waals surface area contributed by atoms with Crippen LogP contribution >= 0.6 is 0 Å². The first kappa shape index (κ1) is 14.2. The summed E-state index contributed by atoms with van der Waals surface area (Å²) in [7, 11) is 0. The van der Waals surface area contributed by atoms with Crippen LogP contribution in [0.3, 0.4) is 0 Å². The minimum atomic E-state index is -0.560. The highest BCUT2D eigenvalue weighted by Crippen LogP contribution is 2.25. The van der Waals surface area contributed by atoms with E-state index in [0.717, 1.165) is 25.6 Å². The van der Waals surface area contributed by atoms with Gasteiger partial charge in [-0.15, -0.1) is 0 Å². The molecule has 2 atom stereocenters. The van der Waals surface area contributed by atoms with Crippen molar-refractivity contribution in [2.24, 2.45) is 5.92 Å². The lowest BCUT2D eigenvalue weighted by molar-refractivity contribution is -0.385. The maximum absolute atomic E-state index is 10.6. The molecule has 0 aromatic carbocycles. The molecule has 1 N–H and O–H groups in total. The van der Waals surface area contributed by atoms with Gasteiger partial charge in [0.05, 0.1) is 11.0 Å². The van der Waals surface area contributed by atoms with E-state index in [9.17, 15) is 10.1 Å². The summed E-state index contributed by atoms with van der Waals surface area (Å²) in [5.41, 5.74) is 0.00824. The third kappa shape index (κ3) is 3.03. The number of nitriles is 1. The number of nitrogens with one attached hydrogen (secondary N) is 1. The molecule has 0 aliphatic carbocycles. The lowest BCUT2D eigenvalue weighted by Crippen LogP contribution is -2.23. The smallest absolute Gasteiger partial charge is 0.289 e. The number of aromatic nitrogens is 1. The van der Waals surface area contributed by atoms with E-state index in [2.05, 4.69) is 17.2 Å². The highest BCUT2D eigenvalue weighted by atomic mass is 16.6. The molecule has 2 heterocycles. The lowest BCUT2D eigenvalue weighted by atomic mass is 9.99. The number of hydrogen-bond acceptors (Lipinski definition) is 6. The molecule has 106 valence electrons. The van der Waals surface area contributed by atoms with Crippen LogP contribution in [0.2, 0.25) is 0 Å². The minimum absolute atomic E-state index is 0.178. The van der Waals surface area contributed by atoms with Crippen LogP contribution in [0.1, 0.15) is 25.3 Å². The van der Waals surface area contributed by atoms with E-state index in [0.29, 0.717) is 18.3 Å². The molecule has 0 radical (unpaired) electrons. The SMILES string of the molecule is CCC1OCCC1CNc1ncc([N+](=O)[O-])cc1C#N. The Morgan fingerprint density at radius 2 is 2.50 bits per heavy atom. The molecule has 0 amide bonds. The van der Waals surface area contributed by atoms with Gasteiger partial charge in [0.2, 0.25) is 0 Å². The molecule has 1 aromatic heterocycles. The fourth-order valence-electron chi connectivity index (χ4n) is 2.38. The predicted octanol–water partition coefficient (Wildman–Crippen LogP) is 2.09. The van der Waals surface area contributed by atoms with Crippen LogP contribution in [0.5, 0.6) is 0 Å². The van der Waals surface area contributed by atoms with Crippen molar-refractivity contribution in [2.75, 3.05) is 18.5 Å². The summed E-state index contributed by atoms with van der Waals surface area (Å²) in [6.45, 7) is 3.48. The van der Waals surface area contributed by atoms with Gasteiger partial charge in [-0.2, -0.15) is 5.26 Å². The van der Waals surface area contributed by atoms with Crippen molar-refractivity contribution in [2.45, 2.75) is 25.9 Å². The second-order valence-electron chi connectivity index (χ2n) is 4.71. The third-order valence-corrected chi connectivity index (χ3v) is 3.48. The number of hydrogen-bond donors (Lipinski definition) is 1. The number of nitro groups is 1. The summed E-state index contributed by atoms with van der Waals surface area (Å²) in [5, 5.41) is 22.8. The van der Waals surface area contributed by atoms with Crippen molar-refractivity contribution in [3.05, 3.63) is 27.9 Å². The normalized spacial score (nSPS) is 21.4. The molecule has 1 aromatic rings. The Morgan fingerprint density at radius 3 is 3.15 bits per heavy atom. The Hall–Kier alpha value is -2.20. The monoisotopic (exact) mass is 276 g/mol. The lowest BCUT2D eigenvalue weighted by Gasteiger charge is -2.17. The van der Waals surface area contributed by atoms with Crippen molar-refractivity contribution in [3.63, 3.8) is 0 Å². The zero-order chi connectivity index (χ0) is 14.5. The Labute approximate surface area is 116 Å². The van der Waals surface area contributed by atoms with Crippen LogP contribution in [0.4, 0.5) is 11.5 Å². The fourth-order valence-corrected chi connectivity index (χ4v) is 2.38. The van der Waals surface area contributed by atoms with E-state index in [4.69, 9.17) is 10.00 Å². The Morgan fingerprint density at radius 1 is 1.70 bits per heavy atom. The number of nitrogens with zero attached hydrogens (tertiary/aromatic N) is 3. The number of ether oxygens (including phenoxy) is 1. The predicted molar refractivity (Wildman–Crippen MR) is 72.2 cm³/mol. The fraction of sp³-hybridized carbons (Fsp3) is 0.538. The molecule has 2 unspecified atom stereocenters. The van der Waals surface area contributed by atoms with Gasteiger partial charge in [0.1, 0.15) is 23.6 Å². The second-order valence-corrected chi connectivity index (χ2v) is 4.71. The van der Waals surface area contributed by atoms with Crippen LogP contribution in [0.25, 0.3) is 0 Å². The summed E-state index contributed by atoms with van der Waals surface area (Å²) >= 11 is 0. The van der Waals surface area contributed by atoms with Crippen LogP contribution in [-0.2, 0) is 4.74 Å². The van der Waals surface area contributed by atoms with E-state index in [1.54, 1.807) is 0 Å². The molecule has 1 aliphatic rings. The van der Waals surface area contributed by atoms with Gasteiger partial charge in [0, 0.05) is 25.1 Å². The van der Waals surface area contributed by atoms with Crippen molar-refractivity contribution in [3.8, 4) is 6.07 Å². The summed E-state index contributed by atoms with van der Waals surface area (Å²) in [6, 6.07) is 3.16. The molecule has 1 saturated heterocycles. The molecular weight excluding hydrogens is 260 g/mol. The van der Waals surface area contributed by atoms with Crippen LogP contribution < -0.4 is 5.32 Å². The molecule has 1 fully saturated rings. The maximum Gasteiger partial charge on any atom is 0.289 e. The highest BCUT2D eigenvalue weighted by molar-refractivity contribution is 5.55. The third-order valence-electron chi connectivity index (χ3n) is 3.48. The Bertz CT molecular complexity index is 541. The maximum atomic E-state index is 10.6. The Balaban J connectivity index is 2.06. The first-order valence-electron chi connectivity index (χ1n) is 6.55. The van der Waals surface area contributed by atoms with Gasteiger partial charge in [0.25, 0.3) is 5.69 Å². The van der Waals surface area contributed by atoms with E-state index < -0.39 is 4.92 Å². The zero-order valence-electron chi connectivity index (χ0n) is 11.2. The highest BCUT2D eigenvalue weighted by Gasteiger charge is 2.26. The van der Waals surface area contributed by atoms with Gasteiger partial charge in [0.15, 0.2) is 0 Å². The van der Waals surface area contributed by atoms with E-state index in [-0.39, 0.29) is 17.4 Å². The first-order valence-corrected chi connectivity index (χ1v) is 6.55. The quantitative estimate of drug-likeness (QED) is 0.652. The largest absolute Gasteiger partial charge is 0.378 e. The average molecular weight is 276 g/mol. The molecule has 0 saturated carbocycles. The summed E-state index contributed by atoms with van der Waals surface area (Å²) in [5.74, 6) is 0.767. The second kappa shape index (κ2) is 6.30. The van der Waals surface area contributed by atoms with Crippen molar-refractivity contribution >= 4 is 11.5 Å². The molecule has 1 aliphatic heterocycles. The van der Waals surface area contributed by atoms with Crippen molar-refractivity contribution < 1.29 is 9.66 Å². The minimum Gasteiger partial charge on any atom is -0.378 e. The summed E-state index contributed by atoms with van der Waals surface area (Å²) in [4.78, 5) is 14.1. The van der Waals surface area contributed by atoms with Gasteiger partial charge in [-0.1, -0.05) is 6.92 Å². The standard InChI is InChI=1S/C13H16N4O3/c1-2-12-9(3-4-20-12)7-15-13-10(6-14)5-11(8-16-13)17(18)19/h5,8-9,12H,2-4,7H2,1H3,(H,15,16). The molecular formula is C13H16N4O3. The van der Waals surface area contributed by atoms with Crippen LogP contribution in [0.15, 0.2) is 12.3 Å². The average Bonchev–Trinajstić information content (AvgIpc) is 2.92. The van der Waals surface area contributed by atoms with Crippen molar-refractivity contribution in [1.29, 1.82) is 5.26 Å². The number of anilines is 1. The molecule has 7 heteroatoms. The van der Waals surface area contributed by atoms with E-state index >= 15 is 0 Å². The van der Waals surface area contributed by atoms with Gasteiger partial charge in [-0.25, -0.2) is 4.98 Å². The summed E-state index contributed by atoms with van der Waals surface area (Å²) < 4.78 is 5.60. The molecule has 0 spiro atoms. The molecule has 7 nitrogen and oxygen atoms in total. The first-order chi connectivity index (χ1) is 9.65. The van der Waals surface area contributed by atoms with Gasteiger partial charge < -0.3 is 10.1 Å². The van der Waals surface area contributed by atoms with Crippen LogP contribution in [0, 0.1) is 27.4 Å². The summed E-state index contributed by atoms with van der Waals surface area (Å²) in [6.07, 6.45) is 3.31. The Kier molecular flexibility index (Phi) is 4.48. The van der Waals surface area contributed by atoms with Crippen LogP contribution in [-0.4, -0.2) is 29.2 Å². The molecule has 0 bridgehead atoms. The zero-order valence-corrected chi connectivity index (χ0v) is 11.2. The van der Waals surface area contributed by atoms with Gasteiger partial charge >= 0.3 is 0 Å². The number of pyridine rings is 1.